The fraction of sp³-hybridized carbons (Fsp3) is 0.238. The lowest BCUT2D eigenvalue weighted by molar-refractivity contribution is -0.126. The van der Waals surface area contributed by atoms with Crippen LogP contribution in [0.5, 0.6) is 5.75 Å². The summed E-state index contributed by atoms with van der Waals surface area (Å²) in [4.78, 5) is 23.6. The van der Waals surface area contributed by atoms with Crippen LogP contribution >= 0.6 is 0 Å². The maximum absolute atomic E-state index is 11.9. The molecule has 4 nitrogen and oxygen atoms in total. The van der Waals surface area contributed by atoms with Crippen molar-refractivity contribution in [3.63, 3.8) is 0 Å². The van der Waals surface area contributed by atoms with Gasteiger partial charge in [-0.05, 0) is 36.6 Å². The van der Waals surface area contributed by atoms with Crippen molar-refractivity contribution in [1.82, 2.24) is 5.32 Å². The fourth-order valence-electron chi connectivity index (χ4n) is 2.39. The van der Waals surface area contributed by atoms with Crippen LogP contribution < -0.4 is 10.1 Å². The van der Waals surface area contributed by atoms with Gasteiger partial charge < -0.3 is 10.1 Å². The van der Waals surface area contributed by atoms with E-state index in [-0.39, 0.29) is 24.2 Å². The van der Waals surface area contributed by atoms with Crippen molar-refractivity contribution in [3.8, 4) is 5.75 Å². The van der Waals surface area contributed by atoms with Crippen molar-refractivity contribution in [2.75, 3.05) is 0 Å². The zero-order valence-electron chi connectivity index (χ0n) is 14.0. The molecule has 0 spiro atoms. The molecule has 1 fully saturated rings. The number of hydrogen-bond donors (Lipinski definition) is 1. The second-order valence-corrected chi connectivity index (χ2v) is 6.13. The number of carbonyl (C=O) groups excluding carboxylic acids is 2. The molecule has 0 radical (unpaired) electrons. The third-order valence-electron chi connectivity index (χ3n) is 3.88. The van der Waals surface area contributed by atoms with Gasteiger partial charge in [-0.2, -0.15) is 0 Å². The molecule has 0 bridgehead atoms. The van der Waals surface area contributed by atoms with Gasteiger partial charge in [0.15, 0.2) is 5.78 Å². The van der Waals surface area contributed by atoms with Gasteiger partial charge in [0.1, 0.15) is 12.4 Å². The summed E-state index contributed by atoms with van der Waals surface area (Å²) >= 11 is 0. The summed E-state index contributed by atoms with van der Waals surface area (Å²) in [5, 5.41) is 2.81. The second-order valence-electron chi connectivity index (χ2n) is 6.13. The van der Waals surface area contributed by atoms with Gasteiger partial charge in [0.2, 0.25) is 5.91 Å². The minimum atomic E-state index is -0.212. The summed E-state index contributed by atoms with van der Waals surface area (Å²) in [7, 11) is 0. The van der Waals surface area contributed by atoms with E-state index in [9.17, 15) is 9.59 Å². The highest BCUT2D eigenvalue weighted by atomic mass is 16.5. The number of carbonyl (C=O) groups is 2. The van der Waals surface area contributed by atoms with E-state index in [4.69, 9.17) is 4.74 Å². The first-order valence-corrected chi connectivity index (χ1v) is 8.47. The van der Waals surface area contributed by atoms with E-state index in [1.54, 1.807) is 6.08 Å². The van der Waals surface area contributed by atoms with Gasteiger partial charge in [0.25, 0.3) is 0 Å². The smallest absolute Gasteiger partial charge is 0.228 e. The van der Waals surface area contributed by atoms with Gasteiger partial charge >= 0.3 is 0 Å². The average Bonchev–Trinajstić information content (AvgIpc) is 3.43. The van der Waals surface area contributed by atoms with Crippen LogP contribution in [0, 0.1) is 0 Å². The number of ether oxygens (including phenoxy) is 1. The molecule has 0 saturated heterocycles. The topological polar surface area (TPSA) is 55.4 Å². The molecule has 3 rings (SSSR count). The Labute approximate surface area is 147 Å². The highest BCUT2D eigenvalue weighted by molar-refractivity contribution is 6.05. The first-order chi connectivity index (χ1) is 12.2. The third-order valence-corrected chi connectivity index (χ3v) is 3.88. The Balaban J connectivity index is 1.57. The number of amides is 1. The summed E-state index contributed by atoms with van der Waals surface area (Å²) in [5.74, 6) is 0.291. The van der Waals surface area contributed by atoms with Crippen molar-refractivity contribution in [2.45, 2.75) is 31.9 Å². The number of para-hydroxylation sites is 1. The predicted molar refractivity (Wildman–Crippen MR) is 97.0 cm³/mol. The molecular formula is C21H21NO3. The van der Waals surface area contributed by atoms with Gasteiger partial charge in [0.05, 0.1) is 6.42 Å². The Bertz CT molecular complexity index is 764. The van der Waals surface area contributed by atoms with Gasteiger partial charge in [-0.25, -0.2) is 0 Å². The van der Waals surface area contributed by atoms with Crippen LogP contribution in [0.3, 0.4) is 0 Å². The minimum Gasteiger partial charge on any atom is -0.488 e. The van der Waals surface area contributed by atoms with Crippen LogP contribution in [0.25, 0.3) is 6.08 Å². The van der Waals surface area contributed by atoms with Crippen LogP contribution in [0.4, 0.5) is 0 Å². The quantitative estimate of drug-likeness (QED) is 0.593. The lowest BCUT2D eigenvalue weighted by Gasteiger charge is -2.09. The molecule has 1 N–H and O–H groups in total. The zero-order valence-corrected chi connectivity index (χ0v) is 14.0. The summed E-state index contributed by atoms with van der Waals surface area (Å²) < 4.78 is 5.86. The van der Waals surface area contributed by atoms with Crippen molar-refractivity contribution in [1.29, 1.82) is 0 Å². The highest BCUT2D eigenvalue weighted by Crippen LogP contribution is 2.21. The van der Waals surface area contributed by atoms with E-state index in [1.165, 1.54) is 6.08 Å². The molecule has 0 aliphatic heterocycles. The van der Waals surface area contributed by atoms with E-state index in [0.717, 1.165) is 24.0 Å². The Morgan fingerprint density at radius 1 is 1.04 bits per heavy atom. The predicted octanol–water partition coefficient (Wildman–Crippen LogP) is 3.52. The maximum atomic E-state index is 11.9. The molecule has 0 unspecified atom stereocenters. The van der Waals surface area contributed by atoms with Gasteiger partial charge in [-0.3, -0.25) is 9.59 Å². The van der Waals surface area contributed by atoms with E-state index < -0.39 is 0 Å². The Hall–Kier alpha value is -2.88. The van der Waals surface area contributed by atoms with Crippen molar-refractivity contribution in [3.05, 3.63) is 71.8 Å². The van der Waals surface area contributed by atoms with Crippen LogP contribution in [-0.2, 0) is 16.2 Å². The van der Waals surface area contributed by atoms with E-state index in [1.807, 2.05) is 54.6 Å². The molecule has 0 aromatic heterocycles. The molecule has 1 aliphatic carbocycles. The van der Waals surface area contributed by atoms with Crippen LogP contribution in [-0.4, -0.2) is 17.7 Å². The van der Waals surface area contributed by atoms with E-state index in [0.29, 0.717) is 12.4 Å². The van der Waals surface area contributed by atoms with Crippen LogP contribution in [0.2, 0.25) is 0 Å². The Kier molecular flexibility index (Phi) is 5.62. The molecule has 1 aliphatic rings. The molecule has 1 saturated carbocycles. The Morgan fingerprint density at radius 2 is 1.76 bits per heavy atom. The van der Waals surface area contributed by atoms with Crippen LogP contribution in [0.15, 0.2) is 60.7 Å². The van der Waals surface area contributed by atoms with Gasteiger partial charge in [-0.15, -0.1) is 0 Å². The van der Waals surface area contributed by atoms with Crippen molar-refractivity contribution in [2.24, 2.45) is 0 Å². The largest absolute Gasteiger partial charge is 0.488 e. The normalized spacial score (nSPS) is 13.6. The number of nitrogens with one attached hydrogen (secondary N) is 1. The standard InChI is InChI=1S/C21H21NO3/c23-19(14-21(24)22-18-11-12-18)13-10-17-8-4-5-9-20(17)25-15-16-6-2-1-3-7-16/h1-10,13,18H,11-12,14-15H2,(H,22,24). The number of allylic oxidation sites excluding steroid dienone is 1. The molecular weight excluding hydrogens is 314 g/mol. The SMILES string of the molecule is O=C(C=Cc1ccccc1OCc1ccccc1)CC(=O)NC1CC1. The maximum Gasteiger partial charge on any atom is 0.228 e. The average molecular weight is 335 g/mol. The first kappa shape index (κ1) is 17.0. The zero-order chi connectivity index (χ0) is 17.5. The molecule has 4 heteroatoms. The molecule has 128 valence electrons. The summed E-state index contributed by atoms with van der Waals surface area (Å²) in [5.41, 5.74) is 1.89. The number of benzene rings is 2. The van der Waals surface area contributed by atoms with E-state index >= 15 is 0 Å². The summed E-state index contributed by atoms with van der Waals surface area (Å²) in [6.07, 6.45) is 5.06. The minimum absolute atomic E-state index is 0.111. The first-order valence-electron chi connectivity index (χ1n) is 8.47. The monoisotopic (exact) mass is 335 g/mol. The highest BCUT2D eigenvalue weighted by Gasteiger charge is 2.23. The van der Waals surface area contributed by atoms with Gasteiger partial charge in [-0.1, -0.05) is 48.5 Å². The number of hydrogen-bond acceptors (Lipinski definition) is 3. The summed E-state index contributed by atoms with van der Waals surface area (Å²) in [6, 6.07) is 17.7. The lowest BCUT2D eigenvalue weighted by Crippen LogP contribution is -2.26. The van der Waals surface area contributed by atoms with Gasteiger partial charge in [0, 0.05) is 11.6 Å². The Morgan fingerprint density at radius 3 is 2.52 bits per heavy atom. The second kappa shape index (κ2) is 8.29. The molecule has 1 amide bonds. The van der Waals surface area contributed by atoms with E-state index in [2.05, 4.69) is 5.32 Å². The molecule has 0 heterocycles. The lowest BCUT2D eigenvalue weighted by atomic mass is 10.1. The third kappa shape index (κ3) is 5.60. The van der Waals surface area contributed by atoms with Crippen molar-refractivity contribution < 1.29 is 14.3 Å². The molecule has 25 heavy (non-hydrogen) atoms. The van der Waals surface area contributed by atoms with Crippen molar-refractivity contribution >= 4 is 17.8 Å². The summed E-state index contributed by atoms with van der Waals surface area (Å²) in [6.45, 7) is 0.462. The van der Waals surface area contributed by atoms with Crippen LogP contribution in [0.1, 0.15) is 30.4 Å². The fourth-order valence-corrected chi connectivity index (χ4v) is 2.39. The number of rotatable bonds is 8. The number of ketones is 1. The molecule has 2 aromatic carbocycles. The molecule has 0 atom stereocenters. The molecule has 2 aromatic rings.